The van der Waals surface area contributed by atoms with E-state index in [4.69, 9.17) is 19.9 Å². The molecule has 0 unspecified atom stereocenters. The number of nitrogens with zero attached hydrogens (tertiary/aromatic N) is 4. The van der Waals surface area contributed by atoms with E-state index in [9.17, 15) is 0 Å². The molecule has 0 saturated carbocycles. The summed E-state index contributed by atoms with van der Waals surface area (Å²) in [5.74, 6) is 0. The molecule has 1 aromatic carbocycles. The predicted molar refractivity (Wildman–Crippen MR) is 90.3 cm³/mol. The Bertz CT molecular complexity index is 897. The summed E-state index contributed by atoms with van der Waals surface area (Å²) in [4.78, 5) is 19.3. The van der Waals surface area contributed by atoms with Crippen LogP contribution in [-0.2, 0) is 12.8 Å². The van der Waals surface area contributed by atoms with Crippen LogP contribution in [0, 0.1) is 27.7 Å². The Morgan fingerprint density at radius 3 is 1.64 bits per heavy atom. The quantitative estimate of drug-likeness (QED) is 0.672. The Hall–Kier alpha value is -2.10. The van der Waals surface area contributed by atoms with Gasteiger partial charge in [0.15, 0.2) is 0 Å². The van der Waals surface area contributed by atoms with E-state index < -0.39 is 0 Å². The molecule has 3 aromatic rings. The summed E-state index contributed by atoms with van der Waals surface area (Å²) in [5.41, 5.74) is 10.2. The van der Waals surface area contributed by atoms with Gasteiger partial charge in [0, 0.05) is 11.1 Å². The van der Waals surface area contributed by atoms with Crippen molar-refractivity contribution in [1.82, 2.24) is 19.9 Å². The molecule has 0 saturated heterocycles. The van der Waals surface area contributed by atoms with Gasteiger partial charge in [-0.25, -0.2) is 19.9 Å². The summed E-state index contributed by atoms with van der Waals surface area (Å²) in [5, 5.41) is 0. The molecule has 0 spiro atoms. The van der Waals surface area contributed by atoms with Crippen molar-refractivity contribution in [3.05, 3.63) is 33.9 Å². The average molecular weight is 294 g/mol. The maximum absolute atomic E-state index is 4.90. The minimum atomic E-state index is 0.880. The summed E-state index contributed by atoms with van der Waals surface area (Å²) < 4.78 is 0. The molecular weight excluding hydrogens is 272 g/mol. The van der Waals surface area contributed by atoms with E-state index in [0.717, 1.165) is 68.8 Å². The van der Waals surface area contributed by atoms with Crippen LogP contribution in [0.2, 0.25) is 0 Å². The van der Waals surface area contributed by atoms with Gasteiger partial charge in [-0.1, -0.05) is 13.8 Å². The molecule has 2 aromatic heterocycles. The number of hydrogen-bond acceptors (Lipinski definition) is 4. The zero-order valence-corrected chi connectivity index (χ0v) is 14.2. The lowest BCUT2D eigenvalue weighted by Crippen LogP contribution is -2.05. The van der Waals surface area contributed by atoms with Crippen LogP contribution in [0.5, 0.6) is 0 Å². The molecule has 0 radical (unpaired) electrons. The number of hydrogen-bond donors (Lipinski definition) is 0. The maximum atomic E-state index is 4.90. The van der Waals surface area contributed by atoms with Crippen molar-refractivity contribution in [3.8, 4) is 0 Å². The highest BCUT2D eigenvalue weighted by Gasteiger charge is 2.17. The van der Waals surface area contributed by atoms with Crippen molar-refractivity contribution in [2.24, 2.45) is 0 Å². The molecule has 0 amide bonds. The van der Waals surface area contributed by atoms with Crippen LogP contribution in [0.15, 0.2) is 0 Å². The predicted octanol–water partition coefficient (Wildman–Crippen LogP) is 3.93. The van der Waals surface area contributed by atoms with Crippen molar-refractivity contribution >= 4 is 22.1 Å². The Morgan fingerprint density at radius 2 is 1.09 bits per heavy atom. The molecule has 4 heteroatoms. The number of aromatic nitrogens is 4. The van der Waals surface area contributed by atoms with Crippen LogP contribution in [0.3, 0.4) is 0 Å². The van der Waals surface area contributed by atoms with Crippen molar-refractivity contribution in [3.63, 3.8) is 0 Å². The first-order valence-electron chi connectivity index (χ1n) is 7.91. The molecule has 0 atom stereocenters. The summed E-state index contributed by atoms with van der Waals surface area (Å²) in [6.07, 6.45) is 1.78. The molecule has 114 valence electrons. The van der Waals surface area contributed by atoms with Gasteiger partial charge in [0.1, 0.15) is 0 Å². The summed E-state index contributed by atoms with van der Waals surface area (Å²) in [6, 6.07) is 0. The minimum Gasteiger partial charge on any atom is -0.249 e. The molecular formula is C18H22N4. The highest BCUT2D eigenvalue weighted by Crippen LogP contribution is 2.30. The number of fused-ring (bicyclic) bond motifs is 2. The Balaban J connectivity index is 2.57. The lowest BCUT2D eigenvalue weighted by atomic mass is 10.0. The van der Waals surface area contributed by atoms with E-state index in [1.54, 1.807) is 0 Å². The monoisotopic (exact) mass is 294 g/mol. The van der Waals surface area contributed by atoms with Gasteiger partial charge >= 0.3 is 0 Å². The van der Waals surface area contributed by atoms with Gasteiger partial charge in [-0.05, 0) is 40.5 Å². The third-order valence-corrected chi connectivity index (χ3v) is 4.45. The molecule has 0 aliphatic carbocycles. The van der Waals surface area contributed by atoms with Gasteiger partial charge in [-0.15, -0.1) is 0 Å². The number of benzene rings is 1. The van der Waals surface area contributed by atoms with E-state index in [-0.39, 0.29) is 0 Å². The summed E-state index contributed by atoms with van der Waals surface area (Å²) in [7, 11) is 0. The zero-order valence-electron chi connectivity index (χ0n) is 14.2. The van der Waals surface area contributed by atoms with Gasteiger partial charge in [0.25, 0.3) is 0 Å². The first kappa shape index (κ1) is 14.8. The number of aryl methyl sites for hydroxylation is 6. The standard InChI is InChI=1S/C18H22N4/c1-7-13-17-15(19-10(4)11(5)20-17)9(3)16-18(13)22-14(8-2)12(6)21-16/h7-8H2,1-6H3. The average Bonchev–Trinajstić information content (AvgIpc) is 2.50. The normalized spacial score (nSPS) is 11.5. The van der Waals surface area contributed by atoms with E-state index in [1.165, 1.54) is 0 Å². The second-order valence-electron chi connectivity index (χ2n) is 5.86. The first-order valence-corrected chi connectivity index (χ1v) is 7.91. The molecule has 22 heavy (non-hydrogen) atoms. The Morgan fingerprint density at radius 1 is 0.591 bits per heavy atom. The lowest BCUT2D eigenvalue weighted by molar-refractivity contribution is 0.979. The fraction of sp³-hybridized carbons (Fsp3) is 0.444. The SMILES string of the molecule is CCc1nc2c(CC)c3nc(C)c(C)nc3c(C)c2nc1C. The lowest BCUT2D eigenvalue weighted by Gasteiger charge is -2.14. The maximum Gasteiger partial charge on any atom is 0.0948 e. The van der Waals surface area contributed by atoms with Crippen LogP contribution in [0.4, 0.5) is 0 Å². The first-order chi connectivity index (χ1) is 10.5. The van der Waals surface area contributed by atoms with Crippen LogP contribution < -0.4 is 0 Å². The molecule has 0 fully saturated rings. The van der Waals surface area contributed by atoms with Crippen molar-refractivity contribution in [2.45, 2.75) is 54.4 Å². The van der Waals surface area contributed by atoms with Crippen molar-refractivity contribution in [2.75, 3.05) is 0 Å². The molecule has 0 aliphatic heterocycles. The highest BCUT2D eigenvalue weighted by atomic mass is 14.9. The molecule has 0 bridgehead atoms. The molecule has 3 rings (SSSR count). The van der Waals surface area contributed by atoms with E-state index in [0.29, 0.717) is 0 Å². The highest BCUT2D eigenvalue weighted by molar-refractivity contribution is 5.99. The van der Waals surface area contributed by atoms with Gasteiger partial charge in [0.05, 0.1) is 44.8 Å². The van der Waals surface area contributed by atoms with Gasteiger partial charge < -0.3 is 0 Å². The van der Waals surface area contributed by atoms with E-state index in [2.05, 4.69) is 20.8 Å². The van der Waals surface area contributed by atoms with Crippen molar-refractivity contribution in [1.29, 1.82) is 0 Å². The third-order valence-electron chi connectivity index (χ3n) is 4.45. The summed E-state index contributed by atoms with van der Waals surface area (Å²) >= 11 is 0. The second kappa shape index (κ2) is 5.27. The van der Waals surface area contributed by atoms with E-state index >= 15 is 0 Å². The minimum absolute atomic E-state index is 0.880. The van der Waals surface area contributed by atoms with E-state index in [1.807, 2.05) is 20.8 Å². The number of rotatable bonds is 2. The van der Waals surface area contributed by atoms with Crippen LogP contribution >= 0.6 is 0 Å². The second-order valence-corrected chi connectivity index (χ2v) is 5.86. The third kappa shape index (κ3) is 2.05. The molecule has 4 nitrogen and oxygen atoms in total. The summed E-state index contributed by atoms with van der Waals surface area (Å²) in [6.45, 7) is 12.4. The Labute approximate surface area is 131 Å². The fourth-order valence-electron chi connectivity index (χ4n) is 2.99. The van der Waals surface area contributed by atoms with Gasteiger partial charge in [-0.2, -0.15) is 0 Å². The van der Waals surface area contributed by atoms with Crippen LogP contribution in [0.25, 0.3) is 22.1 Å². The fourth-order valence-corrected chi connectivity index (χ4v) is 2.99. The Kier molecular flexibility index (Phi) is 3.55. The topological polar surface area (TPSA) is 51.6 Å². The van der Waals surface area contributed by atoms with Crippen molar-refractivity contribution < 1.29 is 0 Å². The smallest absolute Gasteiger partial charge is 0.0948 e. The van der Waals surface area contributed by atoms with Crippen LogP contribution in [0.1, 0.15) is 47.8 Å². The zero-order chi connectivity index (χ0) is 16.0. The van der Waals surface area contributed by atoms with Crippen LogP contribution in [-0.4, -0.2) is 19.9 Å². The molecule has 2 heterocycles. The largest absolute Gasteiger partial charge is 0.249 e. The van der Waals surface area contributed by atoms with Gasteiger partial charge in [0.2, 0.25) is 0 Å². The molecule has 0 aliphatic rings. The van der Waals surface area contributed by atoms with Gasteiger partial charge in [-0.3, -0.25) is 0 Å². The molecule has 0 N–H and O–H groups in total.